The average molecular weight is 316 g/mol. The van der Waals surface area contributed by atoms with Crippen LogP contribution in [-0.2, 0) is 16.5 Å². The van der Waals surface area contributed by atoms with Gasteiger partial charge in [-0.25, -0.2) is 0 Å². The Morgan fingerprint density at radius 2 is 1.91 bits per heavy atom. The molecule has 0 saturated carbocycles. The van der Waals surface area contributed by atoms with E-state index >= 15 is 0 Å². The van der Waals surface area contributed by atoms with Gasteiger partial charge in [0.05, 0.1) is 24.5 Å². The van der Waals surface area contributed by atoms with Gasteiger partial charge in [0.15, 0.2) is 0 Å². The van der Waals surface area contributed by atoms with Crippen LogP contribution < -0.4 is 8.92 Å². The van der Waals surface area contributed by atoms with E-state index in [4.69, 9.17) is 14.2 Å². The first kappa shape index (κ1) is 15.9. The van der Waals surface area contributed by atoms with Gasteiger partial charge in [-0.3, -0.25) is 0 Å². The molecule has 0 heterocycles. The van der Waals surface area contributed by atoms with E-state index in [0.717, 1.165) is 11.8 Å². The van der Waals surface area contributed by atoms with Crippen molar-refractivity contribution in [2.24, 2.45) is 0 Å². The van der Waals surface area contributed by atoms with Crippen LogP contribution in [0.1, 0.15) is 11.1 Å². The Kier molecular flexibility index (Phi) is 5.02. The molecule has 2 aromatic carbocycles. The highest BCUT2D eigenvalue weighted by Crippen LogP contribution is 2.15. The third-order valence-electron chi connectivity index (χ3n) is 2.71. The first-order chi connectivity index (χ1) is 10.5. The van der Waals surface area contributed by atoms with Gasteiger partial charge in [-0.15, -0.1) is 0 Å². The molecule has 113 valence electrons. The van der Waals surface area contributed by atoms with E-state index in [1.165, 1.54) is 0 Å². The van der Waals surface area contributed by atoms with Crippen molar-refractivity contribution in [1.82, 2.24) is 0 Å². The summed E-state index contributed by atoms with van der Waals surface area (Å²) in [7, 11) is -3.50. The number of rotatable bonds is 6. The topological polar surface area (TPSA) is 76.4 Å². The van der Waals surface area contributed by atoms with Crippen molar-refractivity contribution in [1.29, 1.82) is 5.26 Å². The van der Waals surface area contributed by atoms with Crippen LogP contribution in [0.25, 0.3) is 0 Å². The number of hydrogen-bond acceptors (Lipinski definition) is 5. The van der Waals surface area contributed by atoms with Crippen molar-refractivity contribution >= 4 is 10.1 Å². The fourth-order valence-corrected chi connectivity index (χ4v) is 2.22. The van der Waals surface area contributed by atoms with Gasteiger partial charge in [-0.2, -0.15) is 13.7 Å². The highest BCUT2D eigenvalue weighted by Gasteiger charge is 2.04. The van der Waals surface area contributed by atoms with Crippen LogP contribution in [0.2, 0.25) is 0 Å². The third kappa shape index (κ3) is 5.11. The molecular weight excluding hydrogens is 302 g/mol. The lowest BCUT2D eigenvalue weighted by Crippen LogP contribution is -2.06. The lowest BCUT2D eigenvalue weighted by atomic mass is 10.1. The normalized spacial score (nSPS) is 10.7. The molecule has 0 aliphatic carbocycles. The largest absolute Gasteiger partial charge is 0.493 e. The Hall–Kier alpha value is -2.52. The maximum atomic E-state index is 11.0. The van der Waals surface area contributed by atoms with E-state index in [2.05, 4.69) is 6.07 Å². The van der Waals surface area contributed by atoms with Crippen LogP contribution >= 0.6 is 0 Å². The summed E-state index contributed by atoms with van der Waals surface area (Å²) in [6.45, 7) is 0.428. The molecule has 0 spiro atoms. The predicted octanol–water partition coefficient (Wildman–Crippen LogP) is 2.32. The zero-order valence-corrected chi connectivity index (χ0v) is 12.8. The summed E-state index contributed by atoms with van der Waals surface area (Å²) in [6.07, 6.45) is 1.64. The van der Waals surface area contributed by atoms with Crippen molar-refractivity contribution < 1.29 is 17.3 Å². The van der Waals surface area contributed by atoms with E-state index in [1.54, 1.807) is 42.5 Å². The summed E-state index contributed by atoms with van der Waals surface area (Å²) >= 11 is 0. The van der Waals surface area contributed by atoms with Crippen LogP contribution in [0.3, 0.4) is 0 Å². The first-order valence-corrected chi connectivity index (χ1v) is 8.31. The quantitative estimate of drug-likeness (QED) is 0.764. The summed E-state index contributed by atoms with van der Waals surface area (Å²) in [5.74, 6) is 0.804. The molecule has 0 atom stereocenters. The zero-order chi connectivity index (χ0) is 16.0. The Labute approximate surface area is 129 Å². The third-order valence-corrected chi connectivity index (χ3v) is 3.20. The van der Waals surface area contributed by atoms with Crippen LogP contribution in [0, 0.1) is 17.4 Å². The predicted molar refractivity (Wildman–Crippen MR) is 81.1 cm³/mol. The van der Waals surface area contributed by atoms with Gasteiger partial charge in [0.2, 0.25) is 0 Å². The van der Waals surface area contributed by atoms with Gasteiger partial charge < -0.3 is 8.92 Å². The van der Waals surface area contributed by atoms with Crippen molar-refractivity contribution in [3.8, 4) is 17.6 Å². The minimum atomic E-state index is -3.50. The smallest absolute Gasteiger partial charge is 0.306 e. The van der Waals surface area contributed by atoms with Crippen molar-refractivity contribution in [2.45, 2.75) is 6.42 Å². The Morgan fingerprint density at radius 1 is 1.18 bits per heavy atom. The molecule has 0 aliphatic heterocycles. The summed E-state index contributed by atoms with van der Waals surface area (Å²) in [4.78, 5) is 0. The molecule has 2 aromatic rings. The molecule has 6 heteroatoms. The number of nitrogens with zero attached hydrogens (tertiary/aromatic N) is 1. The number of nitriles is 1. The number of benzene rings is 2. The Morgan fingerprint density at radius 3 is 2.55 bits per heavy atom. The van der Waals surface area contributed by atoms with Gasteiger partial charge in [0.1, 0.15) is 11.5 Å². The van der Waals surface area contributed by atoms with Gasteiger partial charge in [-0.05, 0) is 29.8 Å². The highest BCUT2D eigenvalue weighted by atomic mass is 32.2. The number of hydrogen-bond donors (Lipinski definition) is 0. The second-order valence-corrected chi connectivity index (χ2v) is 6.15. The lowest BCUT2D eigenvalue weighted by Gasteiger charge is -2.07. The highest BCUT2D eigenvalue weighted by molar-refractivity contribution is 7.86. The Balaban J connectivity index is 1.88. The SMILES string of the molecule is CS(=O)(=O)Oc1ccc(CCOc2[c]c(C#N)ccc2)cc1. The van der Waals surface area contributed by atoms with Crippen LogP contribution in [0.5, 0.6) is 11.5 Å². The molecule has 0 aromatic heterocycles. The fourth-order valence-electron chi connectivity index (χ4n) is 1.76. The van der Waals surface area contributed by atoms with Gasteiger partial charge >= 0.3 is 10.1 Å². The second kappa shape index (κ2) is 6.96. The molecule has 0 unspecified atom stereocenters. The summed E-state index contributed by atoms with van der Waals surface area (Å²) in [6, 6.07) is 16.7. The maximum absolute atomic E-state index is 11.0. The minimum absolute atomic E-state index is 0.280. The summed E-state index contributed by atoms with van der Waals surface area (Å²) < 4.78 is 32.3. The van der Waals surface area contributed by atoms with Crippen molar-refractivity contribution in [2.75, 3.05) is 12.9 Å². The van der Waals surface area contributed by atoms with E-state index in [9.17, 15) is 8.42 Å². The van der Waals surface area contributed by atoms with Crippen molar-refractivity contribution in [3.63, 3.8) is 0 Å². The molecule has 1 radical (unpaired) electrons. The minimum Gasteiger partial charge on any atom is -0.493 e. The maximum Gasteiger partial charge on any atom is 0.306 e. The lowest BCUT2D eigenvalue weighted by molar-refractivity contribution is 0.321. The van der Waals surface area contributed by atoms with E-state index < -0.39 is 10.1 Å². The van der Waals surface area contributed by atoms with Gasteiger partial charge in [0, 0.05) is 12.5 Å². The monoisotopic (exact) mass is 316 g/mol. The zero-order valence-electron chi connectivity index (χ0n) is 11.9. The van der Waals surface area contributed by atoms with Crippen LogP contribution in [0.4, 0.5) is 0 Å². The average Bonchev–Trinajstić information content (AvgIpc) is 2.48. The number of ether oxygens (including phenoxy) is 1. The van der Waals surface area contributed by atoms with Gasteiger partial charge in [-0.1, -0.05) is 18.2 Å². The van der Waals surface area contributed by atoms with Crippen molar-refractivity contribution in [3.05, 3.63) is 59.7 Å². The molecule has 0 amide bonds. The van der Waals surface area contributed by atoms with E-state index in [-0.39, 0.29) is 5.75 Å². The van der Waals surface area contributed by atoms with E-state index in [1.807, 2.05) is 6.07 Å². The molecular formula is C16H14NO4S. The van der Waals surface area contributed by atoms with E-state index in [0.29, 0.717) is 24.3 Å². The molecule has 22 heavy (non-hydrogen) atoms. The Bertz CT molecular complexity index is 777. The first-order valence-electron chi connectivity index (χ1n) is 6.50. The second-order valence-electron chi connectivity index (χ2n) is 4.57. The molecule has 5 nitrogen and oxygen atoms in total. The summed E-state index contributed by atoms with van der Waals surface area (Å²) in [5.41, 5.74) is 1.41. The van der Waals surface area contributed by atoms with Crippen LogP contribution in [-0.4, -0.2) is 21.3 Å². The molecule has 0 N–H and O–H groups in total. The molecule has 0 aliphatic rings. The van der Waals surface area contributed by atoms with Crippen LogP contribution in [0.15, 0.2) is 42.5 Å². The standard InChI is InChI=1S/C16H14NO4S/c1-22(18,19)21-15-7-5-13(6-8-15)9-10-20-16-4-2-3-14(11-16)12-17/h2-8H,9-10H2,1H3. The fraction of sp³-hybridized carbons (Fsp3) is 0.188. The molecule has 0 saturated heterocycles. The summed E-state index contributed by atoms with van der Waals surface area (Å²) in [5, 5.41) is 8.78. The molecule has 2 rings (SSSR count). The molecule has 0 bridgehead atoms. The molecule has 0 fully saturated rings. The van der Waals surface area contributed by atoms with Gasteiger partial charge in [0.25, 0.3) is 0 Å².